The van der Waals surface area contributed by atoms with Gasteiger partial charge in [-0.1, -0.05) is 0 Å². The number of aromatic nitrogens is 3. The number of rotatable bonds is 2. The van der Waals surface area contributed by atoms with Crippen molar-refractivity contribution < 1.29 is 19.1 Å². The van der Waals surface area contributed by atoms with E-state index < -0.39 is 0 Å². The van der Waals surface area contributed by atoms with Gasteiger partial charge >= 0.3 is 0 Å². The molecule has 1 aliphatic carbocycles. The zero-order chi connectivity index (χ0) is 23.4. The summed E-state index contributed by atoms with van der Waals surface area (Å²) in [4.78, 5) is 32.8. The summed E-state index contributed by atoms with van der Waals surface area (Å²) in [7, 11) is 0. The van der Waals surface area contributed by atoms with Crippen molar-refractivity contribution in [1.82, 2.24) is 24.8 Å². The molecule has 0 unspecified atom stereocenters. The maximum Gasteiger partial charge on any atom is 0.259 e. The molecule has 1 atom stereocenters. The molecule has 6 rings (SSSR count). The summed E-state index contributed by atoms with van der Waals surface area (Å²) in [5, 5.41) is 7.02. The van der Waals surface area contributed by atoms with Crippen molar-refractivity contribution in [2.45, 2.75) is 32.4 Å². The zero-order valence-electron chi connectivity index (χ0n) is 18.9. The Hall–Kier alpha value is -3.66. The fourth-order valence-electron chi connectivity index (χ4n) is 4.83. The van der Waals surface area contributed by atoms with E-state index in [-0.39, 0.29) is 29.2 Å². The molecule has 1 aromatic carbocycles. The highest BCUT2D eigenvalue weighted by molar-refractivity contribution is 6.04. The lowest BCUT2D eigenvalue weighted by Crippen LogP contribution is -2.34. The molecule has 1 fully saturated rings. The van der Waals surface area contributed by atoms with Crippen LogP contribution in [0.1, 0.15) is 46.0 Å². The van der Waals surface area contributed by atoms with E-state index in [0.717, 1.165) is 11.1 Å². The van der Waals surface area contributed by atoms with E-state index in [1.807, 2.05) is 23.1 Å². The van der Waals surface area contributed by atoms with E-state index in [1.54, 1.807) is 6.20 Å². The fraction of sp³-hybridized carbons (Fsp3) is 0.417. The lowest BCUT2D eigenvalue weighted by atomic mass is 10.0. The number of hydrogen-bond acceptors (Lipinski definition) is 7. The molecule has 1 saturated carbocycles. The normalized spacial score (nSPS) is 19.4. The molecule has 10 nitrogen and oxygen atoms in total. The Morgan fingerprint density at radius 1 is 1.18 bits per heavy atom. The largest absolute Gasteiger partial charge is 0.490 e. The summed E-state index contributed by atoms with van der Waals surface area (Å²) in [5.41, 5.74) is 9.62. The van der Waals surface area contributed by atoms with Gasteiger partial charge in [0.25, 0.3) is 11.8 Å². The Balaban J connectivity index is 1.47. The number of ether oxygens (including phenoxy) is 2. The average Bonchev–Trinajstić information content (AvgIpc) is 3.54. The molecule has 34 heavy (non-hydrogen) atoms. The molecule has 2 aliphatic heterocycles. The number of nitrogen functional groups attached to an aromatic ring is 1. The van der Waals surface area contributed by atoms with E-state index >= 15 is 0 Å². The van der Waals surface area contributed by atoms with Crippen LogP contribution in [-0.2, 0) is 11.3 Å². The maximum atomic E-state index is 13.4. The first-order chi connectivity index (χ1) is 16.5. The van der Waals surface area contributed by atoms with Crippen molar-refractivity contribution in [3.05, 3.63) is 41.1 Å². The van der Waals surface area contributed by atoms with Crippen molar-refractivity contribution in [3.63, 3.8) is 0 Å². The van der Waals surface area contributed by atoms with Gasteiger partial charge in [-0.3, -0.25) is 9.59 Å². The average molecular weight is 463 g/mol. The second-order valence-corrected chi connectivity index (χ2v) is 9.08. The molecule has 0 saturated heterocycles. The molecular formula is C24H26N6O4. The fourth-order valence-corrected chi connectivity index (χ4v) is 4.83. The molecule has 0 spiro atoms. The van der Waals surface area contributed by atoms with Gasteiger partial charge in [0.2, 0.25) is 0 Å². The number of carbonyl (C=O) groups is 2. The molecule has 10 heteroatoms. The van der Waals surface area contributed by atoms with Gasteiger partial charge in [0.1, 0.15) is 17.9 Å². The smallest absolute Gasteiger partial charge is 0.259 e. The molecule has 3 N–H and O–H groups in total. The van der Waals surface area contributed by atoms with Gasteiger partial charge in [-0.15, -0.1) is 5.10 Å². The van der Waals surface area contributed by atoms with Crippen LogP contribution < -0.4 is 15.8 Å². The Kier molecular flexibility index (Phi) is 4.91. The standard InChI is InChI=1S/C24H26N6O4/c1-13(14-2-3-14)29-12-16-10-15-11-18(19(16)24(29)32)34-9-8-33-7-5-26-23(31)20-21(25)28-30-6-4-17(15)27-22(20)30/h4,6,10-11,13-14H,2-3,5,7-9,12H2,1H3,(H2,25,28)(H,26,31)/t13-/m0/s1. The van der Waals surface area contributed by atoms with E-state index in [1.165, 1.54) is 17.4 Å². The number of fused-ring (bicyclic) bond motifs is 6. The number of carbonyl (C=O) groups excluding carboxylic acids is 2. The second-order valence-electron chi connectivity index (χ2n) is 9.08. The number of anilines is 1. The first-order valence-electron chi connectivity index (χ1n) is 11.6. The van der Waals surface area contributed by atoms with Crippen LogP contribution >= 0.6 is 0 Å². The van der Waals surface area contributed by atoms with E-state index in [9.17, 15) is 9.59 Å². The predicted octanol–water partition coefficient (Wildman–Crippen LogP) is 1.87. The van der Waals surface area contributed by atoms with Gasteiger partial charge < -0.3 is 25.4 Å². The Morgan fingerprint density at radius 3 is 2.85 bits per heavy atom. The van der Waals surface area contributed by atoms with Crippen molar-refractivity contribution >= 4 is 23.3 Å². The second kappa shape index (κ2) is 7.98. The summed E-state index contributed by atoms with van der Waals surface area (Å²) in [6.45, 7) is 3.92. The van der Waals surface area contributed by atoms with Gasteiger partial charge in [0.05, 0.1) is 24.5 Å². The van der Waals surface area contributed by atoms with Crippen molar-refractivity contribution in [2.24, 2.45) is 5.92 Å². The van der Waals surface area contributed by atoms with Crippen LogP contribution in [0.3, 0.4) is 0 Å². The van der Waals surface area contributed by atoms with Gasteiger partial charge in [-0.2, -0.15) is 0 Å². The molecule has 176 valence electrons. The summed E-state index contributed by atoms with van der Waals surface area (Å²) in [6.07, 6.45) is 4.06. The first kappa shape index (κ1) is 20.9. The molecule has 4 bridgehead atoms. The van der Waals surface area contributed by atoms with Gasteiger partial charge in [-0.25, -0.2) is 9.50 Å². The molecule has 4 heterocycles. The Labute approximate surface area is 196 Å². The van der Waals surface area contributed by atoms with Crippen LogP contribution in [0.5, 0.6) is 5.75 Å². The minimum atomic E-state index is -0.350. The quantitative estimate of drug-likeness (QED) is 0.596. The van der Waals surface area contributed by atoms with Crippen LogP contribution in [0.15, 0.2) is 24.4 Å². The third-order valence-electron chi connectivity index (χ3n) is 6.85. The van der Waals surface area contributed by atoms with Crippen molar-refractivity contribution in [3.8, 4) is 17.0 Å². The van der Waals surface area contributed by atoms with Gasteiger partial charge in [0.15, 0.2) is 11.5 Å². The van der Waals surface area contributed by atoms with Crippen LogP contribution in [0.4, 0.5) is 5.82 Å². The third kappa shape index (κ3) is 3.45. The lowest BCUT2D eigenvalue weighted by molar-refractivity contribution is 0.0690. The maximum absolute atomic E-state index is 13.4. The monoisotopic (exact) mass is 462 g/mol. The number of hydrogen-bond donors (Lipinski definition) is 2. The SMILES string of the molecule is C[C@@H](C1CC1)N1Cc2cc3cc(c2C1=O)OCCOCCNC(=O)c1c(N)nn2ccc-3nc12. The number of nitrogens with zero attached hydrogens (tertiary/aromatic N) is 4. The molecule has 2 amide bonds. The first-order valence-corrected chi connectivity index (χ1v) is 11.6. The zero-order valence-corrected chi connectivity index (χ0v) is 18.9. The summed E-state index contributed by atoms with van der Waals surface area (Å²) >= 11 is 0. The number of nitrogens with two attached hydrogens (primary N) is 1. The molecular weight excluding hydrogens is 436 g/mol. The van der Waals surface area contributed by atoms with Gasteiger partial charge in [0, 0.05) is 30.9 Å². The Bertz CT molecular complexity index is 1310. The van der Waals surface area contributed by atoms with Crippen molar-refractivity contribution in [2.75, 3.05) is 32.1 Å². The predicted molar refractivity (Wildman–Crippen MR) is 124 cm³/mol. The van der Waals surface area contributed by atoms with Gasteiger partial charge in [-0.05, 0) is 49.4 Å². The highest BCUT2D eigenvalue weighted by atomic mass is 16.5. The highest BCUT2D eigenvalue weighted by Gasteiger charge is 2.40. The topological polar surface area (TPSA) is 124 Å². The molecule has 2 aromatic heterocycles. The summed E-state index contributed by atoms with van der Waals surface area (Å²) in [6, 6.07) is 5.85. The summed E-state index contributed by atoms with van der Waals surface area (Å²) in [5.74, 6) is 0.879. The van der Waals surface area contributed by atoms with Crippen LogP contribution in [0.2, 0.25) is 0 Å². The minimum Gasteiger partial charge on any atom is -0.490 e. The van der Waals surface area contributed by atoms with Crippen LogP contribution in [-0.4, -0.2) is 63.7 Å². The lowest BCUT2D eigenvalue weighted by Gasteiger charge is -2.24. The van der Waals surface area contributed by atoms with Crippen LogP contribution in [0.25, 0.3) is 16.9 Å². The molecule has 3 aromatic rings. The van der Waals surface area contributed by atoms with E-state index in [0.29, 0.717) is 61.5 Å². The van der Waals surface area contributed by atoms with Crippen molar-refractivity contribution in [1.29, 1.82) is 0 Å². The van der Waals surface area contributed by atoms with E-state index in [4.69, 9.17) is 20.2 Å². The number of nitrogens with one attached hydrogen (secondary N) is 1. The third-order valence-corrected chi connectivity index (χ3v) is 6.85. The van der Waals surface area contributed by atoms with Crippen LogP contribution in [0, 0.1) is 5.92 Å². The highest BCUT2D eigenvalue weighted by Crippen LogP contribution is 2.41. The molecule has 0 radical (unpaired) electrons. The van der Waals surface area contributed by atoms with E-state index in [2.05, 4.69) is 17.3 Å². The number of benzene rings is 1. The number of amides is 2. The molecule has 3 aliphatic rings. The Morgan fingerprint density at radius 2 is 2.03 bits per heavy atom. The minimum absolute atomic E-state index is 0.0128. The summed E-state index contributed by atoms with van der Waals surface area (Å²) < 4.78 is 13.2.